The van der Waals surface area contributed by atoms with Crippen LogP contribution in [0, 0.1) is 24.7 Å². The van der Waals surface area contributed by atoms with Gasteiger partial charge in [0.15, 0.2) is 0 Å². The summed E-state index contributed by atoms with van der Waals surface area (Å²) in [4.78, 5) is 0. The van der Waals surface area contributed by atoms with Crippen LogP contribution in [0.3, 0.4) is 0 Å². The Morgan fingerprint density at radius 1 is 1.00 bits per heavy atom. The molecular weight excluding hydrogens is 120 g/mol. The molecule has 0 fully saturated rings. The maximum Gasteiger partial charge on any atom is 2.00 e. The van der Waals surface area contributed by atoms with E-state index in [0.29, 0.717) is 0 Å². The van der Waals surface area contributed by atoms with E-state index in [-0.39, 0.29) is 23.1 Å². The van der Waals surface area contributed by atoms with Gasteiger partial charge in [0.05, 0.1) is 0 Å². The molecule has 0 unspecified atom stereocenters. The van der Waals surface area contributed by atoms with Crippen molar-refractivity contribution in [3.05, 3.63) is 38.2 Å². The van der Waals surface area contributed by atoms with Crippen molar-refractivity contribution in [2.24, 2.45) is 0 Å². The third kappa shape index (κ3) is 114. The quantitative estimate of drug-likeness (QED) is 0.259. The Morgan fingerprint density at radius 2 is 1.11 bits per heavy atom. The topological polar surface area (TPSA) is 0 Å². The second-order valence-electron chi connectivity index (χ2n) is 0.697. The maximum atomic E-state index is 6.08. The standard InChI is InChI=1S/2C4H3.Mg/c2*1-3-4-2;/h2*3H,1H2;/q2*-1;+2. The van der Waals surface area contributed by atoms with Crippen molar-refractivity contribution in [3.8, 4) is 11.8 Å². The number of hydrogen-bond donors (Lipinski definition) is 0. The summed E-state index contributed by atoms with van der Waals surface area (Å²) in [5, 5.41) is 0. The van der Waals surface area contributed by atoms with Gasteiger partial charge in [-0.15, -0.1) is 0 Å². The summed E-state index contributed by atoms with van der Waals surface area (Å²) >= 11 is 0. The van der Waals surface area contributed by atoms with E-state index in [1.54, 1.807) is 0 Å². The first-order valence-electron chi connectivity index (χ1n) is 1.89. The van der Waals surface area contributed by atoms with Crippen LogP contribution >= 0.6 is 0 Å². The van der Waals surface area contributed by atoms with Crippen LogP contribution in [-0.4, -0.2) is 23.1 Å². The van der Waals surface area contributed by atoms with Gasteiger partial charge in [-0.05, 0) is 0 Å². The molecule has 0 radical (unpaired) electrons. The summed E-state index contributed by atoms with van der Waals surface area (Å²) < 4.78 is 0. The molecule has 0 aliphatic rings. The zero-order valence-corrected chi connectivity index (χ0v) is 6.69. The number of hydrogen-bond acceptors (Lipinski definition) is 0. The Hall–Kier alpha value is -0.634. The average Bonchev–Trinajstić information content (AvgIpc) is 1.88. The molecule has 0 N–H and O–H groups in total. The third-order valence-corrected chi connectivity index (χ3v) is 0.204. The summed E-state index contributed by atoms with van der Waals surface area (Å²) in [6.07, 6.45) is 14.7. The van der Waals surface area contributed by atoms with Gasteiger partial charge < -0.3 is 12.8 Å². The van der Waals surface area contributed by atoms with Crippen LogP contribution in [-0.2, 0) is 0 Å². The van der Waals surface area contributed by atoms with Crippen molar-refractivity contribution in [2.75, 3.05) is 0 Å². The minimum Gasteiger partial charge on any atom is -0.366 e. The van der Waals surface area contributed by atoms with Gasteiger partial charge >= 0.3 is 23.1 Å². The van der Waals surface area contributed by atoms with Crippen molar-refractivity contribution >= 4 is 23.1 Å². The molecule has 0 aliphatic carbocycles. The zero-order chi connectivity index (χ0) is 6.83. The van der Waals surface area contributed by atoms with Crippen LogP contribution in [0.4, 0.5) is 0 Å². The molecule has 0 saturated heterocycles. The zero-order valence-electron chi connectivity index (χ0n) is 5.28. The van der Waals surface area contributed by atoms with Gasteiger partial charge in [-0.25, -0.2) is 0 Å². The fourth-order valence-electron chi connectivity index (χ4n) is 0. The first-order valence-corrected chi connectivity index (χ1v) is 1.89. The van der Waals surface area contributed by atoms with E-state index >= 15 is 0 Å². The molecule has 0 saturated carbocycles. The van der Waals surface area contributed by atoms with E-state index in [9.17, 15) is 0 Å². The van der Waals surface area contributed by atoms with Gasteiger partial charge in [0, 0.05) is 0 Å². The van der Waals surface area contributed by atoms with Crippen molar-refractivity contribution < 1.29 is 0 Å². The largest absolute Gasteiger partial charge is 2.00 e. The van der Waals surface area contributed by atoms with Gasteiger partial charge in [0.1, 0.15) is 0 Å². The molecule has 0 rings (SSSR count). The Labute approximate surface area is 73.2 Å². The second-order valence-corrected chi connectivity index (χ2v) is 0.697. The van der Waals surface area contributed by atoms with E-state index in [4.69, 9.17) is 12.8 Å². The molecule has 0 bridgehead atoms. The third-order valence-electron chi connectivity index (χ3n) is 0.204. The molecule has 0 amide bonds. The minimum atomic E-state index is 0. The Kier molecular flexibility index (Phi) is 46.1. The van der Waals surface area contributed by atoms with Crippen LogP contribution in [0.1, 0.15) is 0 Å². The molecule has 0 aliphatic heterocycles. The van der Waals surface area contributed by atoms with Crippen LogP contribution in [0.25, 0.3) is 0 Å². The van der Waals surface area contributed by atoms with E-state index in [1.807, 2.05) is 11.8 Å². The molecule has 0 nitrogen and oxygen atoms in total. The van der Waals surface area contributed by atoms with E-state index in [2.05, 4.69) is 13.2 Å². The summed E-state index contributed by atoms with van der Waals surface area (Å²) in [7, 11) is 0. The predicted molar refractivity (Wildman–Crippen MR) is 40.4 cm³/mol. The van der Waals surface area contributed by atoms with Gasteiger partial charge in [-0.1, -0.05) is 0 Å². The molecule has 0 heterocycles. The SMILES string of the molecule is [C-]#CC=C.[C-]#CC=C.[Mg+2]. The summed E-state index contributed by atoms with van der Waals surface area (Å²) in [5.41, 5.74) is 0. The molecule has 0 spiro atoms. The molecule has 1 heteroatoms. The van der Waals surface area contributed by atoms with Crippen molar-refractivity contribution in [2.45, 2.75) is 0 Å². The summed E-state index contributed by atoms with van der Waals surface area (Å²) in [6, 6.07) is 0. The Balaban J connectivity index is -0.0000000720. The fourth-order valence-corrected chi connectivity index (χ4v) is 0. The number of allylic oxidation sites excluding steroid dienone is 2. The smallest absolute Gasteiger partial charge is 0.366 e. The summed E-state index contributed by atoms with van der Waals surface area (Å²) in [6.45, 7) is 6.36. The van der Waals surface area contributed by atoms with Crippen molar-refractivity contribution in [1.29, 1.82) is 0 Å². The monoisotopic (exact) mass is 126 g/mol. The molecule has 0 atom stereocenters. The number of rotatable bonds is 0. The van der Waals surface area contributed by atoms with Gasteiger partial charge in [0.25, 0.3) is 0 Å². The second kappa shape index (κ2) is 26.3. The van der Waals surface area contributed by atoms with E-state index < -0.39 is 0 Å². The van der Waals surface area contributed by atoms with Gasteiger partial charge in [-0.3, -0.25) is 11.8 Å². The average molecular weight is 126 g/mol. The Morgan fingerprint density at radius 3 is 1.11 bits per heavy atom. The van der Waals surface area contributed by atoms with E-state index in [0.717, 1.165) is 0 Å². The van der Waals surface area contributed by atoms with Gasteiger partial charge in [0.2, 0.25) is 0 Å². The normalized spacial score (nSPS) is 3.33. The summed E-state index contributed by atoms with van der Waals surface area (Å²) in [5.74, 6) is 3.89. The first-order chi connectivity index (χ1) is 3.83. The fraction of sp³-hybridized carbons (Fsp3) is 0. The van der Waals surface area contributed by atoms with Crippen LogP contribution in [0.15, 0.2) is 25.3 Å². The molecule has 0 aromatic carbocycles. The molecule has 9 heavy (non-hydrogen) atoms. The first kappa shape index (κ1) is 15.8. The van der Waals surface area contributed by atoms with Crippen LogP contribution in [0.5, 0.6) is 0 Å². The maximum absolute atomic E-state index is 6.08. The van der Waals surface area contributed by atoms with E-state index in [1.165, 1.54) is 12.2 Å². The molecule has 40 valence electrons. The predicted octanol–water partition coefficient (Wildman–Crippen LogP) is 1.14. The van der Waals surface area contributed by atoms with Crippen LogP contribution in [0.2, 0.25) is 0 Å². The van der Waals surface area contributed by atoms with Crippen molar-refractivity contribution in [1.82, 2.24) is 0 Å². The Bertz CT molecular complexity index is 114. The minimum absolute atomic E-state index is 0. The van der Waals surface area contributed by atoms with Gasteiger partial charge in [-0.2, -0.15) is 25.3 Å². The van der Waals surface area contributed by atoms with Crippen LogP contribution < -0.4 is 0 Å². The molecule has 0 aromatic rings. The molecule has 0 aromatic heterocycles. The van der Waals surface area contributed by atoms with Crippen molar-refractivity contribution in [3.63, 3.8) is 0 Å². The molecular formula is C8H6Mg.